The molecule has 0 bridgehead atoms. The number of benzene rings is 2. The Morgan fingerprint density at radius 3 is 2.38 bits per heavy atom. The number of carbonyl (C=O) groups is 1. The standard InChI is InChI=1S/C22H26BrNO5/c1-26-19-11-15(12-20(27-2)21(19)28-3)13-24(14-16-7-6-10-29-16)22(25)17-8-4-5-9-18(17)23/h4-5,8-9,11-12,16H,6-7,10,13-14H2,1-3H3/t16-/m1/s1. The van der Waals surface area contributed by atoms with Crippen LogP contribution >= 0.6 is 15.9 Å². The van der Waals surface area contributed by atoms with Gasteiger partial charge in [0.15, 0.2) is 11.5 Å². The number of rotatable bonds is 8. The zero-order valence-electron chi connectivity index (χ0n) is 16.9. The van der Waals surface area contributed by atoms with Crippen molar-refractivity contribution in [3.05, 3.63) is 52.0 Å². The lowest BCUT2D eigenvalue weighted by atomic mass is 10.1. The minimum absolute atomic E-state index is 0.0449. The van der Waals surface area contributed by atoms with Gasteiger partial charge in [-0.05, 0) is 58.6 Å². The molecule has 1 aliphatic heterocycles. The third-order valence-corrected chi connectivity index (χ3v) is 5.63. The first-order chi connectivity index (χ1) is 14.1. The van der Waals surface area contributed by atoms with Crippen LogP contribution in [0.3, 0.4) is 0 Å². The Kier molecular flexibility index (Phi) is 7.39. The molecule has 2 aromatic carbocycles. The van der Waals surface area contributed by atoms with Crippen molar-refractivity contribution >= 4 is 21.8 Å². The summed E-state index contributed by atoms with van der Waals surface area (Å²) in [4.78, 5) is 15.2. The average Bonchev–Trinajstić information content (AvgIpc) is 3.25. The van der Waals surface area contributed by atoms with E-state index in [9.17, 15) is 4.79 Å². The van der Waals surface area contributed by atoms with Crippen LogP contribution in [0.5, 0.6) is 17.2 Å². The van der Waals surface area contributed by atoms with E-state index < -0.39 is 0 Å². The second-order valence-electron chi connectivity index (χ2n) is 6.83. The Hall–Kier alpha value is -2.25. The molecule has 6 nitrogen and oxygen atoms in total. The molecule has 7 heteroatoms. The van der Waals surface area contributed by atoms with Crippen LogP contribution in [0.1, 0.15) is 28.8 Å². The van der Waals surface area contributed by atoms with Crippen molar-refractivity contribution in [2.45, 2.75) is 25.5 Å². The molecule has 0 saturated carbocycles. The predicted octanol–water partition coefficient (Wildman–Crippen LogP) is 4.30. The third-order valence-electron chi connectivity index (χ3n) is 4.94. The van der Waals surface area contributed by atoms with Crippen molar-refractivity contribution in [3.8, 4) is 17.2 Å². The van der Waals surface area contributed by atoms with Crippen LogP contribution in [-0.4, -0.2) is 51.4 Å². The molecule has 1 atom stereocenters. The van der Waals surface area contributed by atoms with Gasteiger partial charge in [-0.25, -0.2) is 0 Å². The van der Waals surface area contributed by atoms with E-state index in [2.05, 4.69) is 15.9 Å². The average molecular weight is 464 g/mol. The molecule has 0 unspecified atom stereocenters. The predicted molar refractivity (Wildman–Crippen MR) is 114 cm³/mol. The highest BCUT2D eigenvalue weighted by Crippen LogP contribution is 2.38. The maximum atomic E-state index is 13.3. The van der Waals surface area contributed by atoms with Crippen LogP contribution in [0.2, 0.25) is 0 Å². The van der Waals surface area contributed by atoms with Crippen molar-refractivity contribution < 1.29 is 23.7 Å². The monoisotopic (exact) mass is 463 g/mol. The summed E-state index contributed by atoms with van der Waals surface area (Å²) in [7, 11) is 4.73. The summed E-state index contributed by atoms with van der Waals surface area (Å²) in [5, 5.41) is 0. The van der Waals surface area contributed by atoms with Crippen LogP contribution < -0.4 is 14.2 Å². The maximum Gasteiger partial charge on any atom is 0.255 e. The number of carbonyl (C=O) groups excluding carboxylic acids is 1. The van der Waals surface area contributed by atoms with Crippen molar-refractivity contribution in [1.29, 1.82) is 0 Å². The summed E-state index contributed by atoms with van der Waals surface area (Å²) < 4.78 is 22.9. The lowest BCUT2D eigenvalue weighted by Crippen LogP contribution is -2.37. The molecular formula is C22H26BrNO5. The second-order valence-corrected chi connectivity index (χ2v) is 7.69. The number of halogens is 1. The Morgan fingerprint density at radius 1 is 1.14 bits per heavy atom. The van der Waals surface area contributed by atoms with Gasteiger partial charge >= 0.3 is 0 Å². The van der Waals surface area contributed by atoms with Gasteiger partial charge < -0.3 is 23.8 Å². The molecular weight excluding hydrogens is 438 g/mol. The minimum atomic E-state index is -0.0540. The number of amides is 1. The highest BCUT2D eigenvalue weighted by Gasteiger charge is 2.25. The summed E-state index contributed by atoms with van der Waals surface area (Å²) in [5.74, 6) is 1.60. The van der Waals surface area contributed by atoms with Gasteiger partial charge in [-0.15, -0.1) is 0 Å². The SMILES string of the molecule is COc1cc(CN(C[C@H]2CCCO2)C(=O)c2ccccc2Br)cc(OC)c1OC. The smallest absolute Gasteiger partial charge is 0.255 e. The Morgan fingerprint density at radius 2 is 1.83 bits per heavy atom. The van der Waals surface area contributed by atoms with E-state index in [0.29, 0.717) is 35.9 Å². The van der Waals surface area contributed by atoms with Gasteiger partial charge in [0, 0.05) is 24.2 Å². The van der Waals surface area contributed by atoms with Gasteiger partial charge in [0.05, 0.1) is 33.0 Å². The first kappa shape index (κ1) is 21.5. The maximum absolute atomic E-state index is 13.3. The van der Waals surface area contributed by atoms with Crippen molar-refractivity contribution in [2.75, 3.05) is 34.5 Å². The van der Waals surface area contributed by atoms with Crippen LogP contribution in [-0.2, 0) is 11.3 Å². The lowest BCUT2D eigenvalue weighted by molar-refractivity contribution is 0.0506. The molecule has 1 fully saturated rings. The highest BCUT2D eigenvalue weighted by atomic mass is 79.9. The second kappa shape index (κ2) is 9.98. The molecule has 3 rings (SSSR count). The quantitative estimate of drug-likeness (QED) is 0.584. The molecule has 1 aliphatic rings. The van der Waals surface area contributed by atoms with Crippen molar-refractivity contribution in [2.24, 2.45) is 0 Å². The molecule has 29 heavy (non-hydrogen) atoms. The summed E-state index contributed by atoms with van der Waals surface area (Å²) in [6.07, 6.45) is 2.02. The Balaban J connectivity index is 1.92. The summed E-state index contributed by atoms with van der Waals surface area (Å²) in [5.41, 5.74) is 1.51. The van der Waals surface area contributed by atoms with Gasteiger partial charge in [-0.2, -0.15) is 0 Å². The van der Waals surface area contributed by atoms with Gasteiger partial charge in [-0.3, -0.25) is 4.79 Å². The topological polar surface area (TPSA) is 57.2 Å². The van der Waals surface area contributed by atoms with E-state index in [-0.39, 0.29) is 12.0 Å². The lowest BCUT2D eigenvalue weighted by Gasteiger charge is -2.27. The number of hydrogen-bond acceptors (Lipinski definition) is 5. The van der Waals surface area contributed by atoms with Gasteiger partial charge in [0.25, 0.3) is 5.91 Å². The first-order valence-corrected chi connectivity index (χ1v) is 10.3. The zero-order chi connectivity index (χ0) is 20.8. The summed E-state index contributed by atoms with van der Waals surface area (Å²) >= 11 is 3.49. The van der Waals surface area contributed by atoms with E-state index in [1.165, 1.54) is 0 Å². The molecule has 0 N–H and O–H groups in total. The molecule has 1 heterocycles. The van der Waals surface area contributed by atoms with Crippen LogP contribution in [0.25, 0.3) is 0 Å². The molecule has 2 aromatic rings. The van der Waals surface area contributed by atoms with E-state index in [0.717, 1.165) is 29.5 Å². The number of nitrogens with zero attached hydrogens (tertiary/aromatic N) is 1. The largest absolute Gasteiger partial charge is 0.493 e. The first-order valence-electron chi connectivity index (χ1n) is 9.51. The molecule has 0 aromatic heterocycles. The van der Waals surface area contributed by atoms with E-state index in [4.69, 9.17) is 18.9 Å². The molecule has 156 valence electrons. The highest BCUT2D eigenvalue weighted by molar-refractivity contribution is 9.10. The normalized spacial score (nSPS) is 15.8. The van der Waals surface area contributed by atoms with Crippen LogP contribution in [0.15, 0.2) is 40.9 Å². The molecule has 1 saturated heterocycles. The molecule has 0 radical (unpaired) electrons. The molecule has 0 aliphatic carbocycles. The van der Waals surface area contributed by atoms with Crippen LogP contribution in [0.4, 0.5) is 0 Å². The fourth-order valence-corrected chi connectivity index (χ4v) is 3.96. The van der Waals surface area contributed by atoms with Gasteiger partial charge in [0.2, 0.25) is 5.75 Å². The number of hydrogen-bond donors (Lipinski definition) is 0. The number of ether oxygens (including phenoxy) is 4. The fourth-order valence-electron chi connectivity index (χ4n) is 3.51. The third kappa shape index (κ3) is 5.03. The van der Waals surface area contributed by atoms with Crippen molar-refractivity contribution in [3.63, 3.8) is 0 Å². The van der Waals surface area contributed by atoms with Crippen molar-refractivity contribution in [1.82, 2.24) is 4.90 Å². The van der Waals surface area contributed by atoms with Gasteiger partial charge in [0.1, 0.15) is 0 Å². The number of methoxy groups -OCH3 is 3. The summed E-state index contributed by atoms with van der Waals surface area (Å²) in [6, 6.07) is 11.2. The summed E-state index contributed by atoms with van der Waals surface area (Å²) in [6.45, 7) is 1.67. The van der Waals surface area contributed by atoms with E-state index >= 15 is 0 Å². The molecule has 1 amide bonds. The van der Waals surface area contributed by atoms with Gasteiger partial charge in [-0.1, -0.05) is 12.1 Å². The minimum Gasteiger partial charge on any atom is -0.493 e. The molecule has 0 spiro atoms. The van der Waals surface area contributed by atoms with Crippen LogP contribution in [0, 0.1) is 0 Å². The Bertz CT molecular complexity index is 826. The fraction of sp³-hybridized carbons (Fsp3) is 0.409. The zero-order valence-corrected chi connectivity index (χ0v) is 18.5. The van der Waals surface area contributed by atoms with E-state index in [1.54, 1.807) is 21.3 Å². The Labute approximate surface area is 179 Å². The van der Waals surface area contributed by atoms with E-state index in [1.807, 2.05) is 41.3 Å².